The molecular weight excluding hydrogens is 351 g/mol. The molecule has 2 N–H and O–H groups in total. The molecule has 2 atom stereocenters. The van der Waals surface area contributed by atoms with Crippen molar-refractivity contribution in [2.24, 2.45) is 0 Å². The molecule has 0 aliphatic heterocycles. The SMILES string of the molecule is C=CCP(=O)(N[C@@H](C)/C=C/c1ccccc1)N[C@@H](C)/C=C/c1ccccc1. The third kappa shape index (κ3) is 7.92. The van der Waals surface area contributed by atoms with Crippen LogP contribution in [-0.4, -0.2) is 18.2 Å². The van der Waals surface area contributed by atoms with Crippen molar-refractivity contribution >= 4 is 19.6 Å². The Morgan fingerprint density at radius 3 is 1.63 bits per heavy atom. The molecule has 0 saturated heterocycles. The standard InChI is InChI=1S/C23H29N2OP/c1-4-19-27(26,24-20(2)15-17-22-11-7-5-8-12-22)25-21(3)16-18-23-13-9-6-10-14-23/h4-18,20-21H,1,19H2,2-3H3,(H2,24,25,26)/b17-15+,18-16+/t20-,21-/m0/s1. The molecular formula is C23H29N2OP. The summed E-state index contributed by atoms with van der Waals surface area (Å²) in [6.07, 6.45) is 10.2. The zero-order valence-electron chi connectivity index (χ0n) is 16.1. The van der Waals surface area contributed by atoms with Crippen molar-refractivity contribution in [3.8, 4) is 0 Å². The number of hydrogen-bond acceptors (Lipinski definition) is 1. The summed E-state index contributed by atoms with van der Waals surface area (Å²) in [4.78, 5) is 0. The second-order valence-corrected chi connectivity index (χ2v) is 8.95. The predicted molar refractivity (Wildman–Crippen MR) is 119 cm³/mol. The zero-order chi connectivity index (χ0) is 19.5. The molecule has 0 bridgehead atoms. The molecule has 4 heteroatoms. The van der Waals surface area contributed by atoms with Crippen LogP contribution in [0, 0.1) is 0 Å². The molecule has 0 aliphatic carbocycles. The molecule has 0 aliphatic rings. The second kappa shape index (κ2) is 10.8. The van der Waals surface area contributed by atoms with E-state index >= 15 is 0 Å². The van der Waals surface area contributed by atoms with Crippen LogP contribution in [0.3, 0.4) is 0 Å². The minimum absolute atomic E-state index is 0.0335. The molecule has 27 heavy (non-hydrogen) atoms. The van der Waals surface area contributed by atoms with Gasteiger partial charge in [0.15, 0.2) is 0 Å². The summed E-state index contributed by atoms with van der Waals surface area (Å²) in [5.41, 5.74) is 2.24. The van der Waals surface area contributed by atoms with Gasteiger partial charge in [-0.15, -0.1) is 6.58 Å². The summed E-state index contributed by atoms with van der Waals surface area (Å²) in [5, 5.41) is 6.49. The van der Waals surface area contributed by atoms with Crippen molar-refractivity contribution in [3.05, 3.63) is 96.6 Å². The minimum Gasteiger partial charge on any atom is -0.289 e. The molecule has 0 saturated carbocycles. The van der Waals surface area contributed by atoms with E-state index < -0.39 is 7.44 Å². The summed E-state index contributed by atoms with van der Waals surface area (Å²) >= 11 is 0. The summed E-state index contributed by atoms with van der Waals surface area (Å²) in [6.45, 7) is 7.76. The highest BCUT2D eigenvalue weighted by atomic mass is 31.2. The van der Waals surface area contributed by atoms with Crippen molar-refractivity contribution < 1.29 is 4.57 Å². The van der Waals surface area contributed by atoms with Crippen LogP contribution in [0.2, 0.25) is 0 Å². The van der Waals surface area contributed by atoms with E-state index in [1.54, 1.807) is 6.08 Å². The van der Waals surface area contributed by atoms with Gasteiger partial charge in [-0.25, -0.2) is 10.2 Å². The third-order valence-corrected chi connectivity index (χ3v) is 6.39. The highest BCUT2D eigenvalue weighted by Gasteiger charge is 2.22. The smallest absolute Gasteiger partial charge is 0.215 e. The van der Waals surface area contributed by atoms with Crippen LogP contribution in [-0.2, 0) is 4.57 Å². The maximum Gasteiger partial charge on any atom is 0.215 e. The summed E-state index contributed by atoms with van der Waals surface area (Å²) in [6, 6.07) is 20.1. The van der Waals surface area contributed by atoms with Gasteiger partial charge in [0.05, 0.1) is 0 Å². The van der Waals surface area contributed by atoms with Gasteiger partial charge in [0.2, 0.25) is 7.44 Å². The van der Waals surface area contributed by atoms with E-state index in [9.17, 15) is 4.57 Å². The fourth-order valence-corrected chi connectivity index (χ4v) is 4.84. The first kappa shape index (κ1) is 21.1. The fraction of sp³-hybridized carbons (Fsp3) is 0.217. The average Bonchev–Trinajstić information content (AvgIpc) is 2.66. The number of benzene rings is 2. The van der Waals surface area contributed by atoms with Crippen LogP contribution in [0.25, 0.3) is 12.2 Å². The van der Waals surface area contributed by atoms with Crippen molar-refractivity contribution in [3.63, 3.8) is 0 Å². The second-order valence-electron chi connectivity index (χ2n) is 6.59. The van der Waals surface area contributed by atoms with Gasteiger partial charge in [-0.1, -0.05) is 91.0 Å². The van der Waals surface area contributed by atoms with Crippen LogP contribution >= 0.6 is 7.44 Å². The molecule has 0 unspecified atom stereocenters. The lowest BCUT2D eigenvalue weighted by atomic mass is 10.2. The Labute approximate surface area is 163 Å². The van der Waals surface area contributed by atoms with Gasteiger partial charge in [0, 0.05) is 18.2 Å². The fourth-order valence-electron chi connectivity index (χ4n) is 2.71. The number of rotatable bonds is 10. The number of nitrogens with one attached hydrogen (secondary N) is 2. The zero-order valence-corrected chi connectivity index (χ0v) is 17.0. The van der Waals surface area contributed by atoms with Crippen LogP contribution in [0.15, 0.2) is 85.5 Å². The maximum absolute atomic E-state index is 13.3. The van der Waals surface area contributed by atoms with Gasteiger partial charge >= 0.3 is 0 Å². The summed E-state index contributed by atoms with van der Waals surface area (Å²) in [5.74, 6) is 0. The molecule has 2 aromatic rings. The van der Waals surface area contributed by atoms with Gasteiger partial charge in [-0.05, 0) is 25.0 Å². The van der Waals surface area contributed by atoms with E-state index in [2.05, 4.69) is 16.8 Å². The highest BCUT2D eigenvalue weighted by molar-refractivity contribution is 7.60. The van der Waals surface area contributed by atoms with Gasteiger partial charge < -0.3 is 0 Å². The highest BCUT2D eigenvalue weighted by Crippen LogP contribution is 2.37. The van der Waals surface area contributed by atoms with Crippen molar-refractivity contribution in [1.29, 1.82) is 0 Å². The Morgan fingerprint density at radius 2 is 1.26 bits per heavy atom. The van der Waals surface area contributed by atoms with Crippen LogP contribution < -0.4 is 10.2 Å². The van der Waals surface area contributed by atoms with Crippen molar-refractivity contribution in [2.45, 2.75) is 25.9 Å². The van der Waals surface area contributed by atoms with E-state index in [-0.39, 0.29) is 12.1 Å². The largest absolute Gasteiger partial charge is 0.289 e. The first-order valence-electron chi connectivity index (χ1n) is 9.23. The average molecular weight is 380 g/mol. The topological polar surface area (TPSA) is 41.1 Å². The lowest BCUT2D eigenvalue weighted by Gasteiger charge is -2.24. The Bertz CT molecular complexity index is 738. The Morgan fingerprint density at radius 1 is 0.852 bits per heavy atom. The quantitative estimate of drug-likeness (QED) is 0.407. The number of allylic oxidation sites excluding steroid dienone is 1. The van der Waals surface area contributed by atoms with Crippen LogP contribution in [0.5, 0.6) is 0 Å². The van der Waals surface area contributed by atoms with Gasteiger partial charge in [0.1, 0.15) is 0 Å². The molecule has 0 fully saturated rings. The van der Waals surface area contributed by atoms with Crippen LogP contribution in [0.4, 0.5) is 0 Å². The van der Waals surface area contributed by atoms with Crippen molar-refractivity contribution in [1.82, 2.24) is 10.2 Å². The lowest BCUT2D eigenvalue weighted by Crippen LogP contribution is -2.33. The molecule has 2 rings (SSSR count). The van der Waals surface area contributed by atoms with Gasteiger partial charge in [-0.2, -0.15) is 0 Å². The van der Waals surface area contributed by atoms with Gasteiger partial charge in [0.25, 0.3) is 0 Å². The molecule has 3 nitrogen and oxygen atoms in total. The van der Waals surface area contributed by atoms with Gasteiger partial charge in [-0.3, -0.25) is 4.57 Å². The molecule has 0 heterocycles. The van der Waals surface area contributed by atoms with Crippen LogP contribution in [0.1, 0.15) is 25.0 Å². The van der Waals surface area contributed by atoms with E-state index in [0.717, 1.165) is 11.1 Å². The Hall–Kier alpha value is -2.19. The van der Waals surface area contributed by atoms with E-state index in [0.29, 0.717) is 6.16 Å². The molecule has 0 amide bonds. The molecule has 0 radical (unpaired) electrons. The maximum atomic E-state index is 13.3. The number of hydrogen-bond donors (Lipinski definition) is 2. The van der Waals surface area contributed by atoms with E-state index in [1.165, 1.54) is 0 Å². The normalized spacial score (nSPS) is 14.4. The summed E-state index contributed by atoms with van der Waals surface area (Å²) in [7, 11) is -2.79. The molecule has 2 aromatic carbocycles. The predicted octanol–water partition coefficient (Wildman–Crippen LogP) is 5.75. The first-order valence-corrected chi connectivity index (χ1v) is 11.1. The monoisotopic (exact) mass is 380 g/mol. The molecule has 142 valence electrons. The van der Waals surface area contributed by atoms with Crippen molar-refractivity contribution in [2.75, 3.05) is 6.16 Å². The molecule has 0 aromatic heterocycles. The minimum atomic E-state index is -2.79. The first-order chi connectivity index (χ1) is 13.0. The lowest BCUT2D eigenvalue weighted by molar-refractivity contribution is 0.546. The third-order valence-electron chi connectivity index (χ3n) is 3.96. The summed E-state index contributed by atoms with van der Waals surface area (Å²) < 4.78 is 13.3. The van der Waals surface area contributed by atoms with E-state index in [1.807, 2.05) is 98.8 Å². The molecule has 0 spiro atoms. The van der Waals surface area contributed by atoms with E-state index in [4.69, 9.17) is 0 Å². The Balaban J connectivity index is 1.98. The Kier molecular flexibility index (Phi) is 8.47.